The quantitative estimate of drug-likeness (QED) is 0.759. The molecule has 20 heavy (non-hydrogen) atoms. The molecule has 0 bridgehead atoms. The molecule has 0 spiro atoms. The Morgan fingerprint density at radius 2 is 1.65 bits per heavy atom. The predicted octanol–water partition coefficient (Wildman–Crippen LogP) is 1.01. The molecular weight excluding hydrogens is 305 g/mol. The van der Waals surface area contributed by atoms with Crippen LogP contribution in [0.5, 0.6) is 0 Å². The zero-order valence-corrected chi connectivity index (χ0v) is 11.8. The number of carboxylic acid groups (broad SMARTS) is 1. The van der Waals surface area contributed by atoms with Gasteiger partial charge in [0.15, 0.2) is 15.8 Å². The van der Waals surface area contributed by atoms with Gasteiger partial charge in [-0.1, -0.05) is 0 Å². The number of aliphatic carboxylic acids is 1. The Labute approximate surface area is 113 Å². The lowest BCUT2D eigenvalue weighted by Crippen LogP contribution is -2.38. The molecule has 0 rings (SSSR count). The van der Waals surface area contributed by atoms with Crippen molar-refractivity contribution in [2.45, 2.75) is 32.5 Å². The van der Waals surface area contributed by atoms with Crippen LogP contribution in [0.1, 0.15) is 20.8 Å². The van der Waals surface area contributed by atoms with Crippen LogP contribution in [-0.2, 0) is 24.2 Å². The molecular formula is C10H15F3O6S. The van der Waals surface area contributed by atoms with Crippen molar-refractivity contribution in [1.82, 2.24) is 0 Å². The lowest BCUT2D eigenvalue weighted by atomic mass is 10.2. The van der Waals surface area contributed by atoms with Crippen LogP contribution >= 0.6 is 0 Å². The normalized spacial score (nSPS) is 14.7. The van der Waals surface area contributed by atoms with Gasteiger partial charge in [0, 0.05) is 0 Å². The van der Waals surface area contributed by atoms with Crippen LogP contribution in [0.25, 0.3) is 0 Å². The van der Waals surface area contributed by atoms with Crippen LogP contribution in [0.2, 0.25) is 0 Å². The van der Waals surface area contributed by atoms with E-state index in [0.717, 1.165) is 0 Å². The number of hydrogen-bond donors (Lipinski definition) is 1. The monoisotopic (exact) mass is 320 g/mol. The van der Waals surface area contributed by atoms with Gasteiger partial charge in [-0.3, -0.25) is 9.59 Å². The summed E-state index contributed by atoms with van der Waals surface area (Å²) in [6.45, 7) is 4.36. The summed E-state index contributed by atoms with van der Waals surface area (Å²) < 4.78 is 64.5. The molecule has 118 valence electrons. The second kappa shape index (κ2) is 5.98. The molecule has 0 amide bonds. The highest BCUT2D eigenvalue weighted by Gasteiger charge is 2.48. The molecule has 0 saturated carbocycles. The largest absolute Gasteiger partial charge is 0.481 e. The number of sulfone groups is 1. The number of hydrogen-bond acceptors (Lipinski definition) is 5. The van der Waals surface area contributed by atoms with Crippen molar-refractivity contribution in [3.05, 3.63) is 0 Å². The summed E-state index contributed by atoms with van der Waals surface area (Å²) in [5, 5.41) is 8.39. The zero-order chi connectivity index (χ0) is 16.4. The van der Waals surface area contributed by atoms with Crippen molar-refractivity contribution < 1.29 is 41.0 Å². The Kier molecular flexibility index (Phi) is 5.59. The van der Waals surface area contributed by atoms with Gasteiger partial charge >= 0.3 is 18.1 Å². The Bertz CT molecular complexity index is 474. The molecule has 0 aromatic rings. The topological polar surface area (TPSA) is 97.7 Å². The summed E-state index contributed by atoms with van der Waals surface area (Å²) in [5.41, 5.74) is -0.997. The third-order valence-corrected chi connectivity index (χ3v) is 3.39. The van der Waals surface area contributed by atoms with Crippen LogP contribution in [0.3, 0.4) is 0 Å². The molecule has 6 nitrogen and oxygen atoms in total. The number of halogens is 3. The lowest BCUT2D eigenvalue weighted by molar-refractivity contribution is -0.189. The van der Waals surface area contributed by atoms with E-state index in [-0.39, 0.29) is 0 Å². The Balaban J connectivity index is 4.91. The highest BCUT2D eigenvalue weighted by Crippen LogP contribution is 2.28. The van der Waals surface area contributed by atoms with Crippen LogP contribution < -0.4 is 0 Å². The zero-order valence-electron chi connectivity index (χ0n) is 11.0. The molecule has 0 radical (unpaired) electrons. The fraction of sp³-hybridized carbons (Fsp3) is 0.800. The Morgan fingerprint density at radius 3 is 1.95 bits per heavy atom. The van der Waals surface area contributed by atoms with E-state index >= 15 is 0 Å². The van der Waals surface area contributed by atoms with E-state index in [1.165, 1.54) is 20.8 Å². The maximum absolute atomic E-state index is 12.3. The fourth-order valence-corrected chi connectivity index (χ4v) is 2.54. The van der Waals surface area contributed by atoms with Crippen molar-refractivity contribution >= 4 is 21.8 Å². The molecule has 0 aliphatic rings. The third kappa shape index (κ3) is 7.31. The van der Waals surface area contributed by atoms with E-state index in [9.17, 15) is 31.2 Å². The molecule has 1 atom stereocenters. The van der Waals surface area contributed by atoms with E-state index in [4.69, 9.17) is 5.11 Å². The van der Waals surface area contributed by atoms with Crippen molar-refractivity contribution in [3.8, 4) is 0 Å². The highest BCUT2D eigenvalue weighted by atomic mass is 32.2. The number of ether oxygens (including phenoxy) is 1. The van der Waals surface area contributed by atoms with Gasteiger partial charge in [-0.25, -0.2) is 8.42 Å². The summed E-state index contributed by atoms with van der Waals surface area (Å²) in [6.07, 6.45) is -5.22. The second-order valence-electron chi connectivity index (χ2n) is 5.07. The maximum Gasteiger partial charge on any atom is 0.403 e. The van der Waals surface area contributed by atoms with Crippen molar-refractivity contribution in [2.24, 2.45) is 5.92 Å². The van der Waals surface area contributed by atoms with Gasteiger partial charge in [0.05, 0.1) is 5.75 Å². The van der Waals surface area contributed by atoms with E-state index in [2.05, 4.69) is 4.74 Å². The number of carbonyl (C=O) groups excluding carboxylic acids is 1. The number of esters is 1. The van der Waals surface area contributed by atoms with Crippen LogP contribution in [-0.4, -0.2) is 48.7 Å². The van der Waals surface area contributed by atoms with E-state index < -0.39 is 51.0 Å². The summed E-state index contributed by atoms with van der Waals surface area (Å²) >= 11 is 0. The first-order valence-corrected chi connectivity index (χ1v) is 7.18. The van der Waals surface area contributed by atoms with Gasteiger partial charge in [0.2, 0.25) is 0 Å². The van der Waals surface area contributed by atoms with Gasteiger partial charge < -0.3 is 9.84 Å². The number of carboxylic acids is 1. The average molecular weight is 320 g/mol. The molecule has 0 fully saturated rings. The van der Waals surface area contributed by atoms with E-state index in [1.807, 2.05) is 0 Å². The van der Waals surface area contributed by atoms with Crippen molar-refractivity contribution in [1.29, 1.82) is 0 Å². The van der Waals surface area contributed by atoms with Crippen molar-refractivity contribution in [3.63, 3.8) is 0 Å². The maximum atomic E-state index is 12.3. The molecule has 10 heteroatoms. The molecule has 0 aliphatic heterocycles. The standard InChI is InChI=1S/C10H15F3O6S/c1-9(2,3)19-7(14)5-20(17,18)4-6(8(15)16)10(11,12)13/h6H,4-5H2,1-3H3,(H,15,16). The molecule has 1 N–H and O–H groups in total. The molecule has 0 aromatic carbocycles. The van der Waals surface area contributed by atoms with Crippen LogP contribution in [0, 0.1) is 5.92 Å². The summed E-state index contributed by atoms with van der Waals surface area (Å²) in [6, 6.07) is 0. The van der Waals surface area contributed by atoms with E-state index in [0.29, 0.717) is 0 Å². The second-order valence-corrected chi connectivity index (χ2v) is 7.18. The number of rotatable bonds is 5. The Morgan fingerprint density at radius 1 is 1.20 bits per heavy atom. The van der Waals surface area contributed by atoms with Crippen LogP contribution in [0.4, 0.5) is 13.2 Å². The number of carbonyl (C=O) groups is 2. The summed E-state index contributed by atoms with van der Waals surface area (Å²) in [7, 11) is -4.56. The first-order valence-electron chi connectivity index (χ1n) is 5.36. The summed E-state index contributed by atoms with van der Waals surface area (Å²) in [4.78, 5) is 21.7. The van der Waals surface area contributed by atoms with Crippen LogP contribution in [0.15, 0.2) is 0 Å². The fourth-order valence-electron chi connectivity index (χ4n) is 1.17. The molecule has 0 aromatic heterocycles. The van der Waals surface area contributed by atoms with Gasteiger partial charge in [0.1, 0.15) is 11.4 Å². The molecule has 0 heterocycles. The first-order chi connectivity index (χ1) is 8.64. The molecule has 0 aliphatic carbocycles. The minimum absolute atomic E-state index is 0.997. The molecule has 1 unspecified atom stereocenters. The predicted molar refractivity (Wildman–Crippen MR) is 61.7 cm³/mol. The smallest absolute Gasteiger partial charge is 0.403 e. The average Bonchev–Trinajstić information content (AvgIpc) is 2.07. The SMILES string of the molecule is CC(C)(C)OC(=O)CS(=O)(=O)CC(C(=O)O)C(F)(F)F. The Hall–Kier alpha value is -1.32. The minimum atomic E-state index is -5.22. The summed E-state index contributed by atoms with van der Waals surface area (Å²) in [5.74, 6) is -9.63. The van der Waals surface area contributed by atoms with Gasteiger partial charge in [-0.05, 0) is 20.8 Å². The van der Waals surface area contributed by atoms with E-state index in [1.54, 1.807) is 0 Å². The number of alkyl halides is 3. The minimum Gasteiger partial charge on any atom is -0.481 e. The third-order valence-electron chi connectivity index (χ3n) is 1.87. The molecule has 0 saturated heterocycles. The first kappa shape index (κ1) is 18.7. The highest BCUT2D eigenvalue weighted by molar-refractivity contribution is 7.92. The lowest BCUT2D eigenvalue weighted by Gasteiger charge is -2.20. The van der Waals surface area contributed by atoms with Gasteiger partial charge in [-0.2, -0.15) is 13.2 Å². The van der Waals surface area contributed by atoms with Gasteiger partial charge in [-0.15, -0.1) is 0 Å². The van der Waals surface area contributed by atoms with Crippen molar-refractivity contribution in [2.75, 3.05) is 11.5 Å². The van der Waals surface area contributed by atoms with Gasteiger partial charge in [0.25, 0.3) is 0 Å².